The maximum absolute atomic E-state index is 5.42. The van der Waals surface area contributed by atoms with Crippen molar-refractivity contribution in [2.45, 2.75) is 20.4 Å². The summed E-state index contributed by atoms with van der Waals surface area (Å²) in [5.41, 5.74) is 0. The van der Waals surface area contributed by atoms with Gasteiger partial charge in [0.1, 0.15) is 0 Å². The Bertz CT molecular complexity index is 197. The van der Waals surface area contributed by atoms with E-state index in [1.165, 1.54) is 12.4 Å². The Kier molecular flexibility index (Phi) is 7.87. The molecule has 6 nitrogen and oxygen atoms in total. The van der Waals surface area contributed by atoms with Crippen LogP contribution in [0.5, 0.6) is 0 Å². The molecule has 0 N–H and O–H groups in total. The number of rotatable bonds is 8. The Labute approximate surface area is 91.2 Å². The van der Waals surface area contributed by atoms with Gasteiger partial charge in [-0.3, -0.25) is 0 Å². The first kappa shape index (κ1) is 14.1. The lowest BCUT2D eigenvalue weighted by atomic mass is 10.8. The van der Waals surface area contributed by atoms with Crippen LogP contribution in [0, 0.1) is 0 Å². The van der Waals surface area contributed by atoms with E-state index in [4.69, 9.17) is 18.2 Å². The van der Waals surface area contributed by atoms with E-state index < -0.39 is 8.80 Å². The van der Waals surface area contributed by atoms with Crippen molar-refractivity contribution in [2.24, 2.45) is 10.3 Å². The topological polar surface area (TPSA) is 61.6 Å². The average molecular weight is 234 g/mol. The summed E-state index contributed by atoms with van der Waals surface area (Å²) in [6.45, 7) is 6.06. The molecule has 0 spiro atoms. The van der Waals surface area contributed by atoms with E-state index in [0.29, 0.717) is 13.2 Å². The fourth-order valence-electron chi connectivity index (χ4n) is 0.677. The number of ether oxygens (including phenoxy) is 1. The number of methoxy groups -OCH3 is 1. The van der Waals surface area contributed by atoms with E-state index >= 15 is 0 Å². The molecule has 0 heterocycles. The Morgan fingerprint density at radius 2 is 1.60 bits per heavy atom. The monoisotopic (exact) mass is 234 g/mol. The summed E-state index contributed by atoms with van der Waals surface area (Å²) in [6, 6.07) is 0. The highest BCUT2D eigenvalue weighted by Gasteiger charge is 2.41. The SMILES string of the molecule is CC=NO[Si](C)(OCCOC)ON=CC. The zero-order valence-corrected chi connectivity index (χ0v) is 10.6. The van der Waals surface area contributed by atoms with Gasteiger partial charge in [-0.1, -0.05) is 0 Å². The average Bonchev–Trinajstić information content (AvgIpc) is 2.24. The predicted octanol–water partition coefficient (Wildman–Crippen LogP) is 1.26. The Balaban J connectivity index is 4.12. The summed E-state index contributed by atoms with van der Waals surface area (Å²) in [5, 5.41) is 7.30. The highest BCUT2D eigenvalue weighted by molar-refractivity contribution is 6.59. The van der Waals surface area contributed by atoms with Crippen molar-refractivity contribution in [1.29, 1.82) is 0 Å². The molecule has 0 amide bonds. The van der Waals surface area contributed by atoms with Gasteiger partial charge < -0.3 is 18.2 Å². The summed E-state index contributed by atoms with van der Waals surface area (Å²) in [4.78, 5) is 0. The molecule has 0 bridgehead atoms. The van der Waals surface area contributed by atoms with Gasteiger partial charge in [0.25, 0.3) is 0 Å². The molecule has 0 fully saturated rings. The third-order valence-corrected chi connectivity index (χ3v) is 2.90. The molecule has 7 heteroatoms. The minimum absolute atomic E-state index is 0.387. The van der Waals surface area contributed by atoms with Crippen molar-refractivity contribution in [3.8, 4) is 0 Å². The maximum atomic E-state index is 5.42. The Morgan fingerprint density at radius 3 is 2.00 bits per heavy atom. The lowest BCUT2D eigenvalue weighted by Crippen LogP contribution is -2.40. The molecule has 0 saturated carbocycles. The molecule has 0 atom stereocenters. The van der Waals surface area contributed by atoms with Gasteiger partial charge in [0.15, 0.2) is 0 Å². The van der Waals surface area contributed by atoms with Crippen LogP contribution in [0.2, 0.25) is 6.55 Å². The highest BCUT2D eigenvalue weighted by Crippen LogP contribution is 2.09. The zero-order valence-electron chi connectivity index (χ0n) is 9.60. The van der Waals surface area contributed by atoms with Gasteiger partial charge in [0.05, 0.1) is 13.2 Å². The number of nitrogens with zero attached hydrogens (tertiary/aromatic N) is 2. The van der Waals surface area contributed by atoms with E-state index in [-0.39, 0.29) is 0 Å². The maximum Gasteiger partial charge on any atom is 0.670 e. The van der Waals surface area contributed by atoms with Gasteiger partial charge in [-0.2, -0.15) is 0 Å². The van der Waals surface area contributed by atoms with E-state index in [2.05, 4.69) is 10.3 Å². The molecule has 0 unspecified atom stereocenters. The molecule has 0 aromatic heterocycles. The van der Waals surface area contributed by atoms with Gasteiger partial charge in [0.2, 0.25) is 0 Å². The van der Waals surface area contributed by atoms with Crippen LogP contribution in [0.25, 0.3) is 0 Å². The van der Waals surface area contributed by atoms with Gasteiger partial charge in [-0.25, -0.2) is 0 Å². The Hall–Kier alpha value is -0.923. The molecule has 0 radical (unpaired) electrons. The van der Waals surface area contributed by atoms with Crippen LogP contribution in [-0.4, -0.2) is 41.6 Å². The van der Waals surface area contributed by atoms with Crippen LogP contribution in [0.4, 0.5) is 0 Å². The van der Waals surface area contributed by atoms with Gasteiger partial charge >= 0.3 is 8.80 Å². The molecule has 88 valence electrons. The second-order valence-corrected chi connectivity index (χ2v) is 4.99. The van der Waals surface area contributed by atoms with Crippen molar-refractivity contribution in [1.82, 2.24) is 0 Å². The summed E-state index contributed by atoms with van der Waals surface area (Å²) in [5.74, 6) is 0. The van der Waals surface area contributed by atoms with Crippen LogP contribution in [0.3, 0.4) is 0 Å². The largest absolute Gasteiger partial charge is 0.670 e. The number of oxime groups is 2. The molecular formula is C8H18N2O4Si. The second-order valence-electron chi connectivity index (χ2n) is 2.61. The number of hydrogen-bond donors (Lipinski definition) is 0. The van der Waals surface area contributed by atoms with Gasteiger partial charge in [-0.05, 0) is 13.8 Å². The predicted molar refractivity (Wildman–Crippen MR) is 59.9 cm³/mol. The first-order valence-corrected chi connectivity index (χ1v) is 6.86. The molecule has 0 aliphatic carbocycles. The first-order valence-electron chi connectivity index (χ1n) is 4.63. The normalized spacial score (nSPS) is 15.7. The molecule has 0 aliphatic rings. The summed E-state index contributed by atoms with van der Waals surface area (Å²) in [6.07, 6.45) is 3.04. The Morgan fingerprint density at radius 1 is 1.07 bits per heavy atom. The van der Waals surface area contributed by atoms with Crippen LogP contribution >= 0.6 is 0 Å². The van der Waals surface area contributed by atoms with Gasteiger partial charge in [-0.15, -0.1) is 10.3 Å². The van der Waals surface area contributed by atoms with E-state index in [0.717, 1.165) is 0 Å². The lowest BCUT2D eigenvalue weighted by Gasteiger charge is -2.19. The minimum Gasteiger partial charge on any atom is -0.384 e. The standard InChI is InChI=1S/C8H18N2O4Si/c1-5-9-13-15(4,14-10-6-2)12-8-7-11-3/h5-6H,7-8H2,1-4H3. The molecule has 0 rings (SSSR count). The van der Waals surface area contributed by atoms with Crippen molar-refractivity contribution < 1.29 is 18.2 Å². The van der Waals surface area contributed by atoms with Crippen LogP contribution < -0.4 is 0 Å². The number of hydrogen-bond acceptors (Lipinski definition) is 6. The molecule has 0 aromatic carbocycles. The van der Waals surface area contributed by atoms with Crippen molar-refractivity contribution >= 4 is 21.2 Å². The van der Waals surface area contributed by atoms with E-state index in [1.54, 1.807) is 27.5 Å². The van der Waals surface area contributed by atoms with Crippen LogP contribution in [-0.2, 0) is 18.2 Å². The lowest BCUT2D eigenvalue weighted by molar-refractivity contribution is 0.0485. The molecule has 0 aliphatic heterocycles. The van der Waals surface area contributed by atoms with Crippen molar-refractivity contribution in [3.05, 3.63) is 0 Å². The van der Waals surface area contributed by atoms with Gasteiger partial charge in [0, 0.05) is 26.1 Å². The molecule has 15 heavy (non-hydrogen) atoms. The quantitative estimate of drug-likeness (QED) is 0.274. The molecule has 0 aromatic rings. The second kappa shape index (κ2) is 8.39. The zero-order chi connectivity index (χ0) is 11.6. The fraction of sp³-hybridized carbons (Fsp3) is 0.750. The van der Waals surface area contributed by atoms with Crippen molar-refractivity contribution in [3.63, 3.8) is 0 Å². The first-order chi connectivity index (χ1) is 7.18. The summed E-state index contributed by atoms with van der Waals surface area (Å²) in [7, 11) is -1.21. The third-order valence-electron chi connectivity index (χ3n) is 1.30. The smallest absolute Gasteiger partial charge is 0.384 e. The minimum atomic E-state index is -2.80. The molecular weight excluding hydrogens is 216 g/mol. The highest BCUT2D eigenvalue weighted by atomic mass is 28.4. The fourth-order valence-corrected chi connectivity index (χ4v) is 1.86. The summed E-state index contributed by atoms with van der Waals surface area (Å²) >= 11 is 0. The van der Waals surface area contributed by atoms with Crippen LogP contribution in [0.1, 0.15) is 13.8 Å². The summed E-state index contributed by atoms with van der Waals surface area (Å²) < 4.78 is 20.5. The van der Waals surface area contributed by atoms with Crippen molar-refractivity contribution in [2.75, 3.05) is 20.3 Å². The molecule has 0 saturated heterocycles. The van der Waals surface area contributed by atoms with E-state index in [1.807, 2.05) is 0 Å². The van der Waals surface area contributed by atoms with E-state index in [9.17, 15) is 0 Å². The van der Waals surface area contributed by atoms with Crippen LogP contribution in [0.15, 0.2) is 10.3 Å². The third kappa shape index (κ3) is 7.06.